The van der Waals surface area contributed by atoms with Gasteiger partial charge in [-0.25, -0.2) is 12.8 Å². The highest BCUT2D eigenvalue weighted by Gasteiger charge is 2.13. The van der Waals surface area contributed by atoms with Crippen LogP contribution in [0.4, 0.5) is 4.39 Å². The lowest BCUT2D eigenvalue weighted by atomic mass is 10.1. The van der Waals surface area contributed by atoms with Crippen molar-refractivity contribution >= 4 is 21.4 Å². The maximum Gasteiger partial charge on any atom is 0.147 e. The molecule has 0 heterocycles. The Balaban J connectivity index is 2.77. The average molecular weight is 266 g/mol. The number of nitrogens with two attached hydrogens (primary N) is 1. The van der Waals surface area contributed by atoms with Gasteiger partial charge in [-0.3, -0.25) is 0 Å². The SMILES string of the molecule is CS(=O)(=O)CCC(N)c1ccc(F)cc1Cl. The summed E-state index contributed by atoms with van der Waals surface area (Å²) in [6.45, 7) is 0. The Labute approximate surface area is 99.3 Å². The monoisotopic (exact) mass is 265 g/mol. The molecule has 1 rings (SSSR count). The molecule has 0 aliphatic carbocycles. The molecular weight excluding hydrogens is 253 g/mol. The van der Waals surface area contributed by atoms with Crippen molar-refractivity contribution in [2.45, 2.75) is 12.5 Å². The summed E-state index contributed by atoms with van der Waals surface area (Å²) >= 11 is 5.80. The summed E-state index contributed by atoms with van der Waals surface area (Å²) < 4.78 is 34.7. The smallest absolute Gasteiger partial charge is 0.147 e. The molecule has 0 fully saturated rings. The zero-order valence-electron chi connectivity index (χ0n) is 8.78. The van der Waals surface area contributed by atoms with Crippen molar-refractivity contribution in [2.24, 2.45) is 5.73 Å². The summed E-state index contributed by atoms with van der Waals surface area (Å²) in [6, 6.07) is 3.39. The van der Waals surface area contributed by atoms with Crippen molar-refractivity contribution < 1.29 is 12.8 Å². The Hall–Kier alpha value is -0.650. The van der Waals surface area contributed by atoms with Crippen LogP contribution in [0.3, 0.4) is 0 Å². The molecule has 6 heteroatoms. The molecular formula is C10H13ClFNO2S. The lowest BCUT2D eigenvalue weighted by Gasteiger charge is -2.12. The van der Waals surface area contributed by atoms with E-state index in [2.05, 4.69) is 0 Å². The Morgan fingerprint density at radius 1 is 1.50 bits per heavy atom. The number of benzene rings is 1. The minimum atomic E-state index is -3.05. The van der Waals surface area contributed by atoms with Gasteiger partial charge in [0, 0.05) is 17.3 Å². The third kappa shape index (κ3) is 4.08. The molecule has 0 aliphatic heterocycles. The molecule has 1 aromatic carbocycles. The summed E-state index contributed by atoms with van der Waals surface area (Å²) in [5.74, 6) is -0.453. The van der Waals surface area contributed by atoms with Crippen molar-refractivity contribution in [1.29, 1.82) is 0 Å². The van der Waals surface area contributed by atoms with Gasteiger partial charge < -0.3 is 5.73 Å². The van der Waals surface area contributed by atoms with Gasteiger partial charge in [0.25, 0.3) is 0 Å². The van der Waals surface area contributed by atoms with Crippen molar-refractivity contribution in [3.05, 3.63) is 34.6 Å². The molecule has 0 bridgehead atoms. The zero-order chi connectivity index (χ0) is 12.3. The van der Waals surface area contributed by atoms with Crippen molar-refractivity contribution in [2.75, 3.05) is 12.0 Å². The van der Waals surface area contributed by atoms with Crippen LogP contribution < -0.4 is 5.73 Å². The van der Waals surface area contributed by atoms with Gasteiger partial charge in [-0.1, -0.05) is 17.7 Å². The summed E-state index contributed by atoms with van der Waals surface area (Å²) in [5, 5.41) is 0.223. The lowest BCUT2D eigenvalue weighted by Crippen LogP contribution is -2.16. The predicted octanol–water partition coefficient (Wildman–Crippen LogP) is 1.91. The van der Waals surface area contributed by atoms with Gasteiger partial charge in [-0.15, -0.1) is 0 Å². The largest absolute Gasteiger partial charge is 0.324 e. The first-order chi connectivity index (χ1) is 7.29. The zero-order valence-corrected chi connectivity index (χ0v) is 10.4. The first kappa shape index (κ1) is 13.4. The van der Waals surface area contributed by atoms with Crippen molar-refractivity contribution in [1.82, 2.24) is 0 Å². The van der Waals surface area contributed by atoms with Crippen LogP contribution in [-0.2, 0) is 9.84 Å². The van der Waals surface area contributed by atoms with Crippen LogP contribution in [0, 0.1) is 5.82 Å². The molecule has 16 heavy (non-hydrogen) atoms. The Kier molecular flexibility index (Phi) is 4.29. The topological polar surface area (TPSA) is 60.2 Å². The molecule has 1 unspecified atom stereocenters. The second-order valence-electron chi connectivity index (χ2n) is 3.69. The molecule has 0 saturated carbocycles. The van der Waals surface area contributed by atoms with Gasteiger partial charge in [-0.2, -0.15) is 0 Å². The van der Waals surface area contributed by atoms with Crippen LogP contribution in [-0.4, -0.2) is 20.4 Å². The summed E-state index contributed by atoms with van der Waals surface area (Å²) in [7, 11) is -3.05. The molecule has 1 aromatic rings. The first-order valence-corrected chi connectivity index (χ1v) is 7.11. The molecule has 0 aromatic heterocycles. The third-order valence-electron chi connectivity index (χ3n) is 2.16. The first-order valence-electron chi connectivity index (χ1n) is 4.68. The minimum Gasteiger partial charge on any atom is -0.324 e. The molecule has 90 valence electrons. The van der Waals surface area contributed by atoms with Gasteiger partial charge >= 0.3 is 0 Å². The van der Waals surface area contributed by atoms with E-state index in [9.17, 15) is 12.8 Å². The number of hydrogen-bond donors (Lipinski definition) is 1. The summed E-state index contributed by atoms with van der Waals surface area (Å²) in [4.78, 5) is 0. The summed E-state index contributed by atoms with van der Waals surface area (Å²) in [6.07, 6.45) is 1.41. The van der Waals surface area contributed by atoms with E-state index in [1.165, 1.54) is 12.1 Å². The van der Waals surface area contributed by atoms with Gasteiger partial charge in [0.15, 0.2) is 0 Å². The lowest BCUT2D eigenvalue weighted by molar-refractivity contribution is 0.590. The normalized spacial score (nSPS) is 13.8. The fourth-order valence-corrected chi connectivity index (χ4v) is 2.29. The van der Waals surface area contributed by atoms with Crippen LogP contribution in [0.25, 0.3) is 0 Å². The molecule has 0 aliphatic rings. The summed E-state index contributed by atoms with van der Waals surface area (Å²) in [5.41, 5.74) is 6.34. The quantitative estimate of drug-likeness (QED) is 0.905. The fraction of sp³-hybridized carbons (Fsp3) is 0.400. The number of hydrogen-bond acceptors (Lipinski definition) is 3. The van der Waals surface area contributed by atoms with E-state index in [0.29, 0.717) is 5.56 Å². The van der Waals surface area contributed by atoms with E-state index in [1.807, 2.05) is 0 Å². The minimum absolute atomic E-state index is 0.0120. The maximum absolute atomic E-state index is 12.8. The van der Waals surface area contributed by atoms with Crippen molar-refractivity contribution in [3.63, 3.8) is 0 Å². The van der Waals surface area contributed by atoms with E-state index in [4.69, 9.17) is 17.3 Å². The fourth-order valence-electron chi connectivity index (χ4n) is 1.30. The Bertz CT molecular complexity index is 476. The molecule has 0 radical (unpaired) electrons. The molecule has 0 amide bonds. The second-order valence-corrected chi connectivity index (χ2v) is 6.36. The second kappa shape index (κ2) is 5.12. The average Bonchev–Trinajstić information content (AvgIpc) is 2.13. The molecule has 3 nitrogen and oxygen atoms in total. The van der Waals surface area contributed by atoms with Gasteiger partial charge in [0.1, 0.15) is 15.7 Å². The number of rotatable bonds is 4. The van der Waals surface area contributed by atoms with E-state index in [-0.39, 0.29) is 17.2 Å². The van der Waals surface area contributed by atoms with E-state index in [0.717, 1.165) is 12.3 Å². The van der Waals surface area contributed by atoms with Gasteiger partial charge in [0.05, 0.1) is 5.75 Å². The standard InChI is InChI=1S/C10H13ClFNO2S/c1-16(14,15)5-4-10(13)8-3-2-7(12)6-9(8)11/h2-3,6,10H,4-5,13H2,1H3. The Morgan fingerprint density at radius 2 is 2.12 bits per heavy atom. The predicted molar refractivity (Wildman–Crippen MR) is 62.7 cm³/mol. The van der Waals surface area contributed by atoms with E-state index < -0.39 is 21.7 Å². The van der Waals surface area contributed by atoms with Gasteiger partial charge in [-0.05, 0) is 24.1 Å². The van der Waals surface area contributed by atoms with Crippen LogP contribution in [0.2, 0.25) is 5.02 Å². The Morgan fingerprint density at radius 3 is 2.62 bits per heavy atom. The third-order valence-corrected chi connectivity index (χ3v) is 3.47. The van der Waals surface area contributed by atoms with Crippen LogP contribution in [0.5, 0.6) is 0 Å². The van der Waals surface area contributed by atoms with Crippen LogP contribution in [0.15, 0.2) is 18.2 Å². The number of sulfone groups is 1. The highest BCUT2D eigenvalue weighted by molar-refractivity contribution is 7.90. The maximum atomic E-state index is 12.8. The van der Waals surface area contributed by atoms with E-state index in [1.54, 1.807) is 0 Å². The number of halogens is 2. The molecule has 0 saturated heterocycles. The van der Waals surface area contributed by atoms with Gasteiger partial charge in [0.2, 0.25) is 0 Å². The van der Waals surface area contributed by atoms with Crippen LogP contribution in [0.1, 0.15) is 18.0 Å². The van der Waals surface area contributed by atoms with Crippen molar-refractivity contribution in [3.8, 4) is 0 Å². The highest BCUT2D eigenvalue weighted by Crippen LogP contribution is 2.24. The molecule has 2 N–H and O–H groups in total. The van der Waals surface area contributed by atoms with E-state index >= 15 is 0 Å². The molecule has 0 spiro atoms. The molecule has 1 atom stereocenters. The van der Waals surface area contributed by atoms with Crippen LogP contribution >= 0.6 is 11.6 Å². The highest BCUT2D eigenvalue weighted by atomic mass is 35.5.